The fourth-order valence-electron chi connectivity index (χ4n) is 1.75. The van der Waals surface area contributed by atoms with E-state index in [0.29, 0.717) is 0 Å². The molecule has 6 heteroatoms. The average Bonchev–Trinajstić information content (AvgIpc) is 2.66. The number of ketones is 1. The number of hydrogen-bond acceptors (Lipinski definition) is 2. The minimum Gasteiger partial charge on any atom is -0.352 e. The molecule has 1 aromatic heterocycles. The maximum atomic E-state index is 12.9. The highest BCUT2D eigenvalue weighted by Gasteiger charge is 2.38. The second-order valence-electron chi connectivity index (χ2n) is 3.55. The van der Waals surface area contributed by atoms with E-state index in [1.54, 1.807) is 6.07 Å². The molecule has 0 aliphatic heterocycles. The van der Waals surface area contributed by atoms with Crippen molar-refractivity contribution >= 4 is 16.7 Å². The Morgan fingerprint density at radius 1 is 1.29 bits per heavy atom. The molecular formula is C11H9F3N2O. The topological polar surface area (TPSA) is 58.9 Å². The molecule has 90 valence electrons. The second-order valence-corrected chi connectivity index (χ2v) is 3.55. The van der Waals surface area contributed by atoms with Gasteiger partial charge in [0.25, 0.3) is 0 Å². The maximum Gasteiger partial charge on any atom is 0.419 e. The number of benzene rings is 1. The first kappa shape index (κ1) is 11.7. The monoisotopic (exact) mass is 242 g/mol. The van der Waals surface area contributed by atoms with Gasteiger partial charge in [-0.2, -0.15) is 13.2 Å². The van der Waals surface area contributed by atoms with E-state index in [1.807, 2.05) is 0 Å². The third-order valence-corrected chi connectivity index (χ3v) is 2.45. The number of halogens is 3. The van der Waals surface area contributed by atoms with Gasteiger partial charge < -0.3 is 10.7 Å². The highest BCUT2D eigenvalue weighted by Crippen LogP contribution is 2.37. The number of nitrogens with one attached hydrogen (secondary N) is 1. The Bertz CT molecular complexity index is 572. The lowest BCUT2D eigenvalue weighted by Gasteiger charge is -2.07. The number of alkyl halides is 3. The lowest BCUT2D eigenvalue weighted by Crippen LogP contribution is -2.18. The largest absolute Gasteiger partial charge is 0.419 e. The van der Waals surface area contributed by atoms with Crippen LogP contribution in [0.5, 0.6) is 0 Å². The van der Waals surface area contributed by atoms with Crippen molar-refractivity contribution in [3.05, 3.63) is 35.5 Å². The summed E-state index contributed by atoms with van der Waals surface area (Å²) < 4.78 is 38.7. The van der Waals surface area contributed by atoms with E-state index in [4.69, 9.17) is 5.73 Å². The van der Waals surface area contributed by atoms with E-state index in [0.717, 1.165) is 0 Å². The lowest BCUT2D eigenvalue weighted by molar-refractivity contribution is -0.136. The molecule has 17 heavy (non-hydrogen) atoms. The Hall–Kier alpha value is -1.82. The number of Topliss-reactive ketones (excluding diaryl/α,β-unsaturated/α-hetero) is 1. The molecular weight excluding hydrogens is 233 g/mol. The molecule has 3 N–H and O–H groups in total. The number of para-hydroxylation sites is 1. The molecule has 0 aliphatic carbocycles. The van der Waals surface area contributed by atoms with E-state index in [9.17, 15) is 18.0 Å². The molecule has 0 amide bonds. The molecule has 1 heterocycles. The number of aromatic nitrogens is 1. The van der Waals surface area contributed by atoms with Crippen molar-refractivity contribution in [2.24, 2.45) is 5.73 Å². The minimum atomic E-state index is -4.58. The predicted octanol–water partition coefficient (Wildman–Crippen LogP) is 2.33. The Morgan fingerprint density at radius 2 is 1.94 bits per heavy atom. The van der Waals surface area contributed by atoms with Crippen LogP contribution in [0.1, 0.15) is 16.1 Å². The quantitative estimate of drug-likeness (QED) is 0.794. The standard InChI is InChI=1S/C11H9F3N2O/c12-11(13,14)9-6-3-1-2-4-7(6)16-10(9)8(17)5-15/h1-4,16H,5,15H2. The second kappa shape index (κ2) is 3.89. The Morgan fingerprint density at radius 3 is 2.53 bits per heavy atom. The molecule has 3 nitrogen and oxygen atoms in total. The molecule has 0 spiro atoms. The van der Waals surface area contributed by atoms with Gasteiger partial charge in [-0.15, -0.1) is 0 Å². The van der Waals surface area contributed by atoms with Crippen LogP contribution >= 0.6 is 0 Å². The van der Waals surface area contributed by atoms with Gasteiger partial charge in [0.2, 0.25) is 0 Å². The van der Waals surface area contributed by atoms with Crippen LogP contribution in [0.15, 0.2) is 24.3 Å². The molecule has 2 aromatic rings. The third-order valence-electron chi connectivity index (χ3n) is 2.45. The first-order valence-corrected chi connectivity index (χ1v) is 4.86. The van der Waals surface area contributed by atoms with Gasteiger partial charge in [0, 0.05) is 10.9 Å². The van der Waals surface area contributed by atoms with Crippen LogP contribution in [-0.2, 0) is 6.18 Å². The fourth-order valence-corrected chi connectivity index (χ4v) is 1.75. The van der Waals surface area contributed by atoms with Gasteiger partial charge in [-0.1, -0.05) is 18.2 Å². The van der Waals surface area contributed by atoms with Crippen LogP contribution < -0.4 is 5.73 Å². The molecule has 0 radical (unpaired) electrons. The SMILES string of the molecule is NCC(=O)c1[nH]c2ccccc2c1C(F)(F)F. The van der Waals surface area contributed by atoms with Crippen molar-refractivity contribution < 1.29 is 18.0 Å². The average molecular weight is 242 g/mol. The molecule has 2 rings (SSSR count). The summed E-state index contributed by atoms with van der Waals surface area (Å²) in [6, 6.07) is 5.89. The van der Waals surface area contributed by atoms with E-state index in [2.05, 4.69) is 4.98 Å². The van der Waals surface area contributed by atoms with E-state index < -0.39 is 29.8 Å². The van der Waals surface area contributed by atoms with Crippen molar-refractivity contribution in [1.29, 1.82) is 0 Å². The van der Waals surface area contributed by atoms with E-state index in [-0.39, 0.29) is 10.9 Å². The molecule has 0 fully saturated rings. The maximum absolute atomic E-state index is 12.9. The van der Waals surface area contributed by atoms with Gasteiger partial charge in [-0.3, -0.25) is 4.79 Å². The van der Waals surface area contributed by atoms with Gasteiger partial charge in [0.05, 0.1) is 17.8 Å². The molecule has 0 atom stereocenters. The molecule has 0 saturated heterocycles. The van der Waals surface area contributed by atoms with Crippen molar-refractivity contribution in [3.8, 4) is 0 Å². The number of fused-ring (bicyclic) bond motifs is 1. The highest BCUT2D eigenvalue weighted by atomic mass is 19.4. The summed E-state index contributed by atoms with van der Waals surface area (Å²) in [6.45, 7) is -0.462. The van der Waals surface area contributed by atoms with E-state index >= 15 is 0 Å². The van der Waals surface area contributed by atoms with Gasteiger partial charge in [-0.25, -0.2) is 0 Å². The summed E-state index contributed by atoms with van der Waals surface area (Å²) in [7, 11) is 0. The van der Waals surface area contributed by atoms with Gasteiger partial charge >= 0.3 is 6.18 Å². The number of hydrogen-bond donors (Lipinski definition) is 2. The van der Waals surface area contributed by atoms with Crippen LogP contribution in [0.3, 0.4) is 0 Å². The number of carbonyl (C=O) groups is 1. The number of rotatable bonds is 2. The Labute approximate surface area is 94.4 Å². The summed E-state index contributed by atoms with van der Waals surface area (Å²) in [4.78, 5) is 13.9. The normalized spacial score (nSPS) is 12.0. The van der Waals surface area contributed by atoms with Crippen molar-refractivity contribution in [2.75, 3.05) is 6.54 Å². The van der Waals surface area contributed by atoms with Crippen LogP contribution in [0, 0.1) is 0 Å². The Kier molecular flexibility index (Phi) is 2.66. The van der Waals surface area contributed by atoms with Gasteiger partial charge in [-0.05, 0) is 6.07 Å². The molecule has 0 saturated carbocycles. The van der Waals surface area contributed by atoms with Crippen molar-refractivity contribution in [3.63, 3.8) is 0 Å². The van der Waals surface area contributed by atoms with Gasteiger partial charge in [0.15, 0.2) is 5.78 Å². The number of nitrogens with two attached hydrogens (primary N) is 1. The number of H-pyrrole nitrogens is 1. The summed E-state index contributed by atoms with van der Waals surface area (Å²) in [5.41, 5.74) is 3.96. The zero-order valence-electron chi connectivity index (χ0n) is 8.64. The molecule has 0 bridgehead atoms. The summed E-state index contributed by atoms with van der Waals surface area (Å²) in [5.74, 6) is -0.756. The van der Waals surface area contributed by atoms with Crippen LogP contribution in [0.2, 0.25) is 0 Å². The zero-order valence-corrected chi connectivity index (χ0v) is 8.64. The summed E-state index contributed by atoms with van der Waals surface area (Å²) in [6.07, 6.45) is -4.58. The van der Waals surface area contributed by atoms with Gasteiger partial charge in [0.1, 0.15) is 0 Å². The first-order valence-electron chi connectivity index (χ1n) is 4.86. The number of carbonyl (C=O) groups excluding carboxylic acids is 1. The van der Waals surface area contributed by atoms with Crippen LogP contribution in [0.4, 0.5) is 13.2 Å². The smallest absolute Gasteiger partial charge is 0.352 e. The third kappa shape index (κ3) is 1.91. The Balaban J connectivity index is 2.79. The first-order chi connectivity index (χ1) is 7.95. The lowest BCUT2D eigenvalue weighted by atomic mass is 10.1. The minimum absolute atomic E-state index is 0.0169. The summed E-state index contributed by atoms with van der Waals surface area (Å²) in [5, 5.41) is -0.0169. The molecule has 0 unspecified atom stereocenters. The van der Waals surface area contributed by atoms with E-state index in [1.165, 1.54) is 18.2 Å². The highest BCUT2D eigenvalue weighted by molar-refractivity contribution is 6.03. The summed E-state index contributed by atoms with van der Waals surface area (Å²) >= 11 is 0. The predicted molar refractivity (Wildman–Crippen MR) is 56.7 cm³/mol. The van der Waals surface area contributed by atoms with Crippen LogP contribution in [-0.4, -0.2) is 17.3 Å². The molecule has 1 aromatic carbocycles. The van der Waals surface area contributed by atoms with Crippen molar-refractivity contribution in [1.82, 2.24) is 4.98 Å². The fraction of sp³-hybridized carbons (Fsp3) is 0.182. The molecule has 0 aliphatic rings. The zero-order chi connectivity index (χ0) is 12.6. The van der Waals surface area contributed by atoms with Crippen molar-refractivity contribution in [2.45, 2.75) is 6.18 Å². The van der Waals surface area contributed by atoms with Crippen LogP contribution in [0.25, 0.3) is 10.9 Å². The number of aromatic amines is 1.